The van der Waals surface area contributed by atoms with Crippen LogP contribution in [0.3, 0.4) is 0 Å². The fraction of sp³-hybridized carbons (Fsp3) is 0.508. The van der Waals surface area contributed by atoms with Crippen molar-refractivity contribution >= 4 is 75.0 Å². The van der Waals surface area contributed by atoms with Gasteiger partial charge >= 0.3 is 6.09 Å². The van der Waals surface area contributed by atoms with Crippen molar-refractivity contribution in [2.45, 2.75) is 77.5 Å². The van der Waals surface area contributed by atoms with Crippen molar-refractivity contribution in [2.24, 2.45) is 13.0 Å². The number of likely N-dealkylation sites (N-methyl/N-ethyl adjacent to an activating group) is 1. The third-order valence-electron chi connectivity index (χ3n) is 16.1. The van der Waals surface area contributed by atoms with Crippen LogP contribution in [0.15, 0.2) is 66.9 Å². The lowest BCUT2D eigenvalue weighted by Gasteiger charge is -2.39. The quantitative estimate of drug-likeness (QED) is 0.0738. The lowest BCUT2D eigenvalue weighted by molar-refractivity contribution is -0.140. The van der Waals surface area contributed by atoms with Gasteiger partial charge in [-0.3, -0.25) is 28.9 Å². The Morgan fingerprint density at radius 2 is 1.44 bits per heavy atom. The molecule has 0 unspecified atom stereocenters. The van der Waals surface area contributed by atoms with Crippen LogP contribution in [0.25, 0.3) is 27.8 Å². The molecule has 87 heavy (non-hydrogen) atoms. The van der Waals surface area contributed by atoms with Crippen LogP contribution in [-0.2, 0) is 35.6 Å². The Balaban J connectivity index is 0.711. The molecular formula is C61H80N14O12. The van der Waals surface area contributed by atoms with E-state index in [4.69, 9.17) is 33.4 Å². The number of nitrogens with one attached hydrogen (secondary N) is 3. The highest BCUT2D eigenvalue weighted by atomic mass is 16.6. The molecule has 2 saturated heterocycles. The number of rotatable bonds is 22. The Morgan fingerprint density at radius 3 is 2.13 bits per heavy atom. The number of nitrogens with zero attached hydrogens (tertiary/aromatic N) is 11. The van der Waals surface area contributed by atoms with Crippen molar-refractivity contribution in [3.05, 3.63) is 78.1 Å². The van der Waals surface area contributed by atoms with Gasteiger partial charge in [0.15, 0.2) is 22.7 Å². The molecule has 26 nitrogen and oxygen atoms in total. The van der Waals surface area contributed by atoms with Crippen molar-refractivity contribution in [3.8, 4) is 22.9 Å². The fourth-order valence-corrected chi connectivity index (χ4v) is 11.1. The molecular weight excluding hydrogens is 1120 g/mol. The minimum Gasteiger partial charge on any atom is -0.497 e. The predicted octanol–water partition coefficient (Wildman–Crippen LogP) is 5.19. The molecule has 2 atom stereocenters. The van der Waals surface area contributed by atoms with Gasteiger partial charge in [0.25, 0.3) is 11.8 Å². The van der Waals surface area contributed by atoms with Crippen LogP contribution in [0.4, 0.5) is 22.1 Å². The number of anilines is 3. The van der Waals surface area contributed by atoms with E-state index in [1.54, 1.807) is 117 Å². The summed E-state index contributed by atoms with van der Waals surface area (Å²) in [7, 11) is 7.92. The van der Waals surface area contributed by atoms with Gasteiger partial charge in [-0.1, -0.05) is 24.5 Å². The van der Waals surface area contributed by atoms with Crippen molar-refractivity contribution in [1.82, 2.24) is 59.8 Å². The lowest BCUT2D eigenvalue weighted by Crippen LogP contribution is -2.60. The smallest absolute Gasteiger partial charge is 0.410 e. The number of methoxy groups -OCH3 is 3. The van der Waals surface area contributed by atoms with Gasteiger partial charge in [0.1, 0.15) is 35.7 Å². The number of aromatic nitrogens is 6. The highest BCUT2D eigenvalue weighted by Crippen LogP contribution is 2.33. The Hall–Kier alpha value is -8.78. The molecule has 1 saturated carbocycles. The summed E-state index contributed by atoms with van der Waals surface area (Å²) in [5, 5.41) is 18.3. The van der Waals surface area contributed by atoms with E-state index in [1.165, 1.54) is 11.9 Å². The zero-order valence-corrected chi connectivity index (χ0v) is 51.1. The van der Waals surface area contributed by atoms with Gasteiger partial charge in [-0.2, -0.15) is 9.67 Å². The van der Waals surface area contributed by atoms with Crippen LogP contribution in [0.2, 0.25) is 0 Å². The Kier molecular flexibility index (Phi) is 20.3. The second-order valence-corrected chi connectivity index (χ2v) is 22.8. The molecule has 6 amide bonds. The highest BCUT2D eigenvalue weighted by molar-refractivity contribution is 6.16. The number of amides is 6. The molecule has 26 heteroatoms. The van der Waals surface area contributed by atoms with E-state index in [0.717, 1.165) is 43.5 Å². The number of carbonyl (C=O) groups is 6. The third-order valence-corrected chi connectivity index (χ3v) is 16.1. The molecule has 1 aliphatic carbocycles. The second kappa shape index (κ2) is 28.2. The number of carbonyl (C=O) groups excluding carboxylic acids is 6. The molecule has 466 valence electrons. The average Bonchev–Trinajstić information content (AvgIpc) is 1.78. The number of fused-ring (bicyclic) bond motifs is 2. The van der Waals surface area contributed by atoms with E-state index in [2.05, 4.69) is 36.1 Å². The molecule has 3 fully saturated rings. The zero-order chi connectivity index (χ0) is 61.9. The molecule has 5 heterocycles. The van der Waals surface area contributed by atoms with E-state index >= 15 is 0 Å². The first kappa shape index (κ1) is 62.7. The fourth-order valence-electron chi connectivity index (χ4n) is 11.1. The van der Waals surface area contributed by atoms with E-state index in [1.807, 2.05) is 30.3 Å². The summed E-state index contributed by atoms with van der Waals surface area (Å²) in [5.41, 5.74) is 3.81. The summed E-state index contributed by atoms with van der Waals surface area (Å²) < 4.78 is 36.6. The van der Waals surface area contributed by atoms with Crippen LogP contribution in [0.1, 0.15) is 80.6 Å². The summed E-state index contributed by atoms with van der Waals surface area (Å²) >= 11 is 0. The Morgan fingerprint density at radius 1 is 0.759 bits per heavy atom. The molecule has 0 bridgehead atoms. The zero-order valence-electron chi connectivity index (χ0n) is 51.1. The maximum absolute atomic E-state index is 14.6. The monoisotopic (exact) mass is 1200 g/mol. The average molecular weight is 1200 g/mol. The largest absolute Gasteiger partial charge is 0.497 e. The van der Waals surface area contributed by atoms with Crippen LogP contribution in [-0.4, -0.2) is 216 Å². The van der Waals surface area contributed by atoms with Gasteiger partial charge in [0.2, 0.25) is 23.7 Å². The van der Waals surface area contributed by atoms with Crippen molar-refractivity contribution in [1.29, 1.82) is 0 Å². The molecule has 6 aromatic rings. The summed E-state index contributed by atoms with van der Waals surface area (Å²) in [6.07, 6.45) is 5.46. The van der Waals surface area contributed by atoms with Gasteiger partial charge < -0.3 is 68.5 Å². The van der Waals surface area contributed by atoms with Crippen LogP contribution >= 0.6 is 0 Å². The Bertz CT molecular complexity index is 3420. The van der Waals surface area contributed by atoms with Crippen molar-refractivity contribution < 1.29 is 57.2 Å². The van der Waals surface area contributed by atoms with E-state index < -0.39 is 35.6 Å². The number of piperazine rings is 2. The molecule has 0 radical (unpaired) electrons. The molecule has 3 N–H and O–H groups in total. The SMILES string of the molecule is COc1ccc2c(C(=O)NCCOCCOCC(=O)N3CCN(c4ccc(Nc5ncc6nnn(-c7ccc(OC)c(OC)c7)c6n5)cc4)CC3)c(C(=O)N3CCN(C(=O)[C@@H](NC(=O)[C@H](C)N(C)C(=O)OC(C)(C)C)C4CCCCC4)CC3)n(C)c2c1. The number of hydrogen-bond acceptors (Lipinski definition) is 18. The predicted molar refractivity (Wildman–Crippen MR) is 324 cm³/mol. The van der Waals surface area contributed by atoms with Crippen molar-refractivity contribution in [2.75, 3.05) is 124 Å². The highest BCUT2D eigenvalue weighted by Gasteiger charge is 2.39. The number of benzene rings is 3. The first-order valence-electron chi connectivity index (χ1n) is 29.5. The molecule has 3 aromatic heterocycles. The molecule has 3 aromatic carbocycles. The van der Waals surface area contributed by atoms with Gasteiger partial charge in [0.05, 0.1) is 64.1 Å². The second-order valence-electron chi connectivity index (χ2n) is 22.8. The summed E-state index contributed by atoms with van der Waals surface area (Å²) in [5.74, 6) is 0.361. The summed E-state index contributed by atoms with van der Waals surface area (Å²) in [4.78, 5) is 100. The maximum Gasteiger partial charge on any atom is 0.410 e. The molecule has 2 aliphatic heterocycles. The van der Waals surface area contributed by atoms with Crippen LogP contribution in [0.5, 0.6) is 17.2 Å². The first-order valence-corrected chi connectivity index (χ1v) is 29.5. The van der Waals surface area contributed by atoms with E-state index in [9.17, 15) is 28.8 Å². The third kappa shape index (κ3) is 14.9. The van der Waals surface area contributed by atoms with Crippen LogP contribution < -0.4 is 35.1 Å². The summed E-state index contributed by atoms with van der Waals surface area (Å²) in [6.45, 7) is 10.6. The van der Waals surface area contributed by atoms with Gasteiger partial charge in [0, 0.05) is 102 Å². The molecule has 0 spiro atoms. The van der Waals surface area contributed by atoms with E-state index in [0.29, 0.717) is 77.1 Å². The lowest BCUT2D eigenvalue weighted by atomic mass is 9.83. The molecule has 9 rings (SSSR count). The van der Waals surface area contributed by atoms with Gasteiger partial charge in [-0.15, -0.1) is 5.10 Å². The topological polar surface area (TPSA) is 272 Å². The van der Waals surface area contributed by atoms with Gasteiger partial charge in [-0.05, 0) is 95.0 Å². The van der Waals surface area contributed by atoms with Crippen molar-refractivity contribution in [3.63, 3.8) is 0 Å². The minimum absolute atomic E-state index is 0.0808. The molecule has 3 aliphatic rings. The normalized spacial score (nSPS) is 15.6. The maximum atomic E-state index is 14.6. The van der Waals surface area contributed by atoms with Gasteiger partial charge in [-0.25, -0.2) is 9.78 Å². The Labute approximate surface area is 505 Å². The number of ether oxygens (including phenoxy) is 6. The van der Waals surface area contributed by atoms with E-state index in [-0.39, 0.29) is 94.0 Å². The standard InChI is InChI=1S/C61H80N14O12/c1-39(69(5)60(81)87-61(2,3)4)55(77)65-52(40-13-11-10-12-14-40)57(79)73-28-30-74(31-29-73)58(80)53-51(45-21-20-44(82-7)36-47(45)70(53)6)56(78)62-23-32-85-33-34-86-38-50(76)72-26-24-71(25-27-72)42-17-15-41(16-18-42)64-59-63-37-46-54(66-59)75(68-67-46)43-19-22-48(83-8)49(35-43)84-9/h15-22,35-37,39-40,52H,10-14,23-34,38H2,1-9H3,(H,62,78)(H,65,77)(H,63,64,66)/t39-,52-/m0/s1. The van der Waals surface area contributed by atoms with Crippen LogP contribution in [0, 0.1) is 5.92 Å². The summed E-state index contributed by atoms with van der Waals surface area (Å²) in [6, 6.07) is 16.9. The minimum atomic E-state index is -0.899. The first-order chi connectivity index (χ1) is 41.9. The number of hydrogen-bond donors (Lipinski definition) is 3. The number of aryl methyl sites for hydroxylation is 1.